The van der Waals surface area contributed by atoms with Gasteiger partial charge in [0.15, 0.2) is 0 Å². The van der Waals surface area contributed by atoms with Gasteiger partial charge in [-0.3, -0.25) is 33.7 Å². The highest BCUT2D eigenvalue weighted by molar-refractivity contribution is 6.12. The van der Waals surface area contributed by atoms with Crippen molar-refractivity contribution in [1.29, 1.82) is 0 Å². The Labute approximate surface area is 231 Å². The minimum Gasteiger partial charge on any atom is -0.355 e. The SMILES string of the molecule is NC(=O)NCCCC(CC(=O)Nc1ccc(C=O)cc1)NC(=O)CNCCNC(=O)CCCN1C(=O)C=CC1=O. The first kappa shape index (κ1) is 31.6. The highest BCUT2D eigenvalue weighted by atomic mass is 16.2. The molecule has 0 saturated heterocycles. The maximum absolute atomic E-state index is 12.5. The molecule has 1 atom stereocenters. The van der Waals surface area contributed by atoms with Crippen LogP contribution in [0.1, 0.15) is 42.5 Å². The molecule has 0 saturated carbocycles. The molecule has 0 fully saturated rings. The second kappa shape index (κ2) is 17.1. The van der Waals surface area contributed by atoms with E-state index >= 15 is 0 Å². The van der Waals surface area contributed by atoms with Gasteiger partial charge in [-0.2, -0.15) is 0 Å². The van der Waals surface area contributed by atoms with E-state index in [0.717, 1.165) is 4.90 Å². The van der Waals surface area contributed by atoms with Gasteiger partial charge in [0.25, 0.3) is 11.8 Å². The molecule has 0 bridgehead atoms. The van der Waals surface area contributed by atoms with Gasteiger partial charge in [0.05, 0.1) is 6.54 Å². The van der Waals surface area contributed by atoms with E-state index in [2.05, 4.69) is 26.6 Å². The van der Waals surface area contributed by atoms with Crippen LogP contribution in [0.4, 0.5) is 10.5 Å². The second-order valence-corrected chi connectivity index (χ2v) is 8.98. The molecule has 0 radical (unpaired) electrons. The van der Waals surface area contributed by atoms with Crippen LogP contribution < -0.4 is 32.3 Å². The van der Waals surface area contributed by atoms with Gasteiger partial charge in [0, 0.05) is 68.5 Å². The number of anilines is 1. The van der Waals surface area contributed by atoms with Gasteiger partial charge >= 0.3 is 6.03 Å². The van der Waals surface area contributed by atoms with Crippen molar-refractivity contribution in [1.82, 2.24) is 26.2 Å². The molecule has 1 aliphatic rings. The van der Waals surface area contributed by atoms with Gasteiger partial charge in [-0.25, -0.2) is 4.79 Å². The number of nitrogens with one attached hydrogen (secondary N) is 5. The summed E-state index contributed by atoms with van der Waals surface area (Å²) in [6, 6.07) is 5.16. The zero-order valence-corrected chi connectivity index (χ0v) is 22.1. The molecule has 1 aromatic rings. The zero-order chi connectivity index (χ0) is 29.3. The molecule has 1 aromatic carbocycles. The topological polar surface area (TPSA) is 209 Å². The Morgan fingerprint density at radius 1 is 0.875 bits per heavy atom. The van der Waals surface area contributed by atoms with Gasteiger partial charge < -0.3 is 32.3 Å². The Bertz CT molecular complexity index is 1090. The third kappa shape index (κ3) is 12.3. The van der Waals surface area contributed by atoms with Crippen molar-refractivity contribution >= 4 is 47.5 Å². The minimum atomic E-state index is -0.664. The van der Waals surface area contributed by atoms with E-state index in [1.54, 1.807) is 24.3 Å². The molecule has 1 unspecified atom stereocenters. The molecule has 14 nitrogen and oxygen atoms in total. The number of hydrogen-bond acceptors (Lipinski definition) is 8. The molecule has 40 heavy (non-hydrogen) atoms. The summed E-state index contributed by atoms with van der Waals surface area (Å²) in [6.07, 6.45) is 4.44. The largest absolute Gasteiger partial charge is 0.355 e. The highest BCUT2D eigenvalue weighted by Crippen LogP contribution is 2.10. The summed E-state index contributed by atoms with van der Waals surface area (Å²) in [4.78, 5) is 82.6. The number of benzene rings is 1. The predicted molar refractivity (Wildman–Crippen MR) is 145 cm³/mol. The third-order valence-electron chi connectivity index (χ3n) is 5.75. The van der Waals surface area contributed by atoms with Crippen LogP contribution in [0.3, 0.4) is 0 Å². The van der Waals surface area contributed by atoms with Gasteiger partial charge in [0.1, 0.15) is 6.29 Å². The molecule has 0 aromatic heterocycles. The van der Waals surface area contributed by atoms with Crippen LogP contribution in [0, 0.1) is 0 Å². The van der Waals surface area contributed by atoms with Gasteiger partial charge in [-0.1, -0.05) is 0 Å². The first-order valence-electron chi connectivity index (χ1n) is 12.9. The van der Waals surface area contributed by atoms with Crippen LogP contribution in [-0.4, -0.2) is 85.5 Å². The van der Waals surface area contributed by atoms with E-state index in [1.807, 2.05) is 0 Å². The van der Waals surface area contributed by atoms with E-state index in [0.29, 0.717) is 43.3 Å². The average molecular weight is 558 g/mol. The van der Waals surface area contributed by atoms with E-state index < -0.39 is 12.1 Å². The Balaban J connectivity index is 1.68. The number of primary amides is 1. The molecule has 7 N–H and O–H groups in total. The summed E-state index contributed by atoms with van der Waals surface area (Å²) < 4.78 is 0. The maximum atomic E-state index is 12.5. The lowest BCUT2D eigenvalue weighted by atomic mass is 10.1. The molecule has 1 heterocycles. The van der Waals surface area contributed by atoms with Crippen molar-refractivity contribution in [3.05, 3.63) is 42.0 Å². The Morgan fingerprint density at radius 3 is 2.23 bits per heavy atom. The van der Waals surface area contributed by atoms with Crippen molar-refractivity contribution in [2.75, 3.05) is 38.0 Å². The Morgan fingerprint density at radius 2 is 1.57 bits per heavy atom. The first-order valence-corrected chi connectivity index (χ1v) is 12.9. The number of amides is 7. The van der Waals surface area contributed by atoms with Crippen LogP contribution in [0.2, 0.25) is 0 Å². The zero-order valence-electron chi connectivity index (χ0n) is 22.1. The fraction of sp³-hybridized carbons (Fsp3) is 0.423. The van der Waals surface area contributed by atoms with Crippen LogP contribution in [-0.2, 0) is 24.0 Å². The summed E-state index contributed by atoms with van der Waals surface area (Å²) in [5, 5.41) is 13.6. The van der Waals surface area contributed by atoms with Gasteiger partial charge in [-0.15, -0.1) is 0 Å². The van der Waals surface area contributed by atoms with Gasteiger partial charge in [0.2, 0.25) is 17.7 Å². The summed E-state index contributed by atoms with van der Waals surface area (Å²) in [5.41, 5.74) is 6.05. The van der Waals surface area contributed by atoms with E-state index in [4.69, 9.17) is 5.73 Å². The molecule has 1 aliphatic heterocycles. The van der Waals surface area contributed by atoms with Crippen molar-refractivity contribution in [3.63, 3.8) is 0 Å². The minimum absolute atomic E-state index is 0.0154. The lowest BCUT2D eigenvalue weighted by Crippen LogP contribution is -2.43. The number of hydrogen-bond donors (Lipinski definition) is 6. The number of imide groups is 1. The molecule has 2 rings (SSSR count). The number of nitrogens with zero attached hydrogens (tertiary/aromatic N) is 1. The number of rotatable bonds is 18. The molecule has 216 valence electrons. The molecular weight excluding hydrogens is 522 g/mol. The van der Waals surface area contributed by atoms with Crippen LogP contribution in [0.5, 0.6) is 0 Å². The standard InChI is InChI=1S/C26H35N7O7/c27-26(40)30-11-1-3-20(15-22(36)31-19-7-5-18(17-34)6-8-19)32-23(37)16-28-12-13-29-21(35)4-2-14-33-24(38)9-10-25(33)39/h5-10,17,20,28H,1-4,11-16H2,(H,29,35)(H,31,36)(H,32,37)(H3,27,30,40). The van der Waals surface area contributed by atoms with E-state index in [-0.39, 0.29) is 68.6 Å². The summed E-state index contributed by atoms with van der Waals surface area (Å²) in [6.45, 7) is 0.989. The third-order valence-corrected chi connectivity index (χ3v) is 5.75. The Kier molecular flexibility index (Phi) is 13.5. The summed E-state index contributed by atoms with van der Waals surface area (Å²) in [5.74, 6) is -1.70. The van der Waals surface area contributed by atoms with Crippen LogP contribution >= 0.6 is 0 Å². The lowest BCUT2D eigenvalue weighted by molar-refractivity contribution is -0.137. The van der Waals surface area contributed by atoms with Crippen molar-refractivity contribution in [3.8, 4) is 0 Å². The lowest BCUT2D eigenvalue weighted by Gasteiger charge is -2.19. The predicted octanol–water partition coefficient (Wildman–Crippen LogP) is -0.828. The van der Waals surface area contributed by atoms with Crippen molar-refractivity contribution in [2.45, 2.75) is 38.1 Å². The number of nitrogens with two attached hydrogens (primary N) is 1. The smallest absolute Gasteiger partial charge is 0.312 e. The van der Waals surface area contributed by atoms with E-state index in [1.165, 1.54) is 12.2 Å². The average Bonchev–Trinajstić information content (AvgIpc) is 3.23. The fourth-order valence-corrected chi connectivity index (χ4v) is 3.77. The Hall–Kier alpha value is -4.59. The summed E-state index contributed by atoms with van der Waals surface area (Å²) in [7, 11) is 0. The normalized spacial score (nSPS) is 13.1. The molecule has 7 amide bonds. The van der Waals surface area contributed by atoms with Crippen molar-refractivity contribution in [2.24, 2.45) is 5.73 Å². The van der Waals surface area contributed by atoms with Crippen LogP contribution in [0.25, 0.3) is 0 Å². The summed E-state index contributed by atoms with van der Waals surface area (Å²) >= 11 is 0. The monoisotopic (exact) mass is 557 g/mol. The second-order valence-electron chi connectivity index (χ2n) is 8.98. The number of carbonyl (C=O) groups is 7. The van der Waals surface area contributed by atoms with Crippen molar-refractivity contribution < 1.29 is 33.6 Å². The maximum Gasteiger partial charge on any atom is 0.312 e. The molecule has 0 aliphatic carbocycles. The number of urea groups is 1. The van der Waals surface area contributed by atoms with Crippen LogP contribution in [0.15, 0.2) is 36.4 Å². The highest BCUT2D eigenvalue weighted by Gasteiger charge is 2.22. The molecule has 14 heteroatoms. The quantitative estimate of drug-likeness (QED) is 0.0760. The number of aldehydes is 1. The molecular formula is C26H35N7O7. The molecule has 0 spiro atoms. The number of carbonyl (C=O) groups excluding carboxylic acids is 7. The van der Waals surface area contributed by atoms with Gasteiger partial charge in [-0.05, 0) is 43.5 Å². The fourth-order valence-electron chi connectivity index (χ4n) is 3.77. The van der Waals surface area contributed by atoms with E-state index in [9.17, 15) is 33.6 Å². The first-order chi connectivity index (χ1) is 19.2.